The van der Waals surface area contributed by atoms with E-state index < -0.39 is 0 Å². The van der Waals surface area contributed by atoms with Gasteiger partial charge in [-0.1, -0.05) is 133 Å². The smallest absolute Gasteiger partial charge is 0.160 e. The highest BCUT2D eigenvalue weighted by molar-refractivity contribution is 6.13. The van der Waals surface area contributed by atoms with Crippen LogP contribution in [-0.4, -0.2) is 14.5 Å². The monoisotopic (exact) mass is 652 g/mol. The van der Waals surface area contributed by atoms with E-state index in [0.717, 1.165) is 40.3 Å². The van der Waals surface area contributed by atoms with Crippen LogP contribution in [0.3, 0.4) is 0 Å². The zero-order chi connectivity index (χ0) is 33.7. The van der Waals surface area contributed by atoms with Gasteiger partial charge in [-0.05, 0) is 59.7 Å². The Labute approximate surface area is 296 Å². The Morgan fingerprint density at radius 1 is 0.431 bits per heavy atom. The molecule has 10 rings (SSSR count). The van der Waals surface area contributed by atoms with Crippen molar-refractivity contribution in [3.8, 4) is 50.7 Å². The molecule has 2 aromatic heterocycles. The van der Waals surface area contributed by atoms with Gasteiger partial charge in [-0.15, -0.1) is 0 Å². The van der Waals surface area contributed by atoms with Crippen molar-refractivity contribution in [1.82, 2.24) is 14.5 Å². The first-order valence-electron chi connectivity index (χ1n) is 17.4. The summed E-state index contributed by atoms with van der Waals surface area (Å²) in [4.78, 5) is 12.7. The molecule has 0 fully saturated rings. The molecule has 0 unspecified atom stereocenters. The highest BCUT2D eigenvalue weighted by Gasteiger charge is 2.27. The molecule has 51 heavy (non-hydrogen) atoms. The Morgan fingerprint density at radius 2 is 1.04 bits per heavy atom. The lowest BCUT2D eigenvalue weighted by atomic mass is 9.90. The van der Waals surface area contributed by atoms with Crippen molar-refractivity contribution in [2.24, 2.45) is 0 Å². The van der Waals surface area contributed by atoms with E-state index in [-0.39, 0.29) is 0 Å². The first-order valence-corrected chi connectivity index (χ1v) is 17.4. The number of fused-ring (bicyclic) bond motifs is 7. The summed E-state index contributed by atoms with van der Waals surface area (Å²) in [5, 5.41) is 2.54. The van der Waals surface area contributed by atoms with Crippen LogP contribution in [0.5, 0.6) is 0 Å². The zero-order valence-electron chi connectivity index (χ0n) is 27.8. The van der Waals surface area contributed by atoms with Gasteiger partial charge >= 0.3 is 0 Å². The van der Waals surface area contributed by atoms with Crippen LogP contribution in [-0.2, 0) is 6.54 Å². The SMILES string of the molecule is c1ccc(-c2cc(-c3ccccc3)nc(-c3cccc(-n4c5ccccc5c5c6c(ccc54)-c4ccccc4N(c4ccccc4)C6)c3)n2)cc1. The fraction of sp³-hybridized carbons (Fsp3) is 0.0213. The molecule has 0 spiro atoms. The topological polar surface area (TPSA) is 34.0 Å². The van der Waals surface area contributed by atoms with Crippen LogP contribution in [0.25, 0.3) is 72.5 Å². The number of rotatable bonds is 5. The first kappa shape index (κ1) is 29.2. The molecule has 3 heterocycles. The molecule has 7 aromatic carbocycles. The normalized spacial score (nSPS) is 12.2. The van der Waals surface area contributed by atoms with Gasteiger partial charge in [-0.2, -0.15) is 0 Å². The van der Waals surface area contributed by atoms with Crippen molar-refractivity contribution in [3.63, 3.8) is 0 Å². The molecule has 0 aliphatic carbocycles. The number of aromatic nitrogens is 3. The minimum Gasteiger partial charge on any atom is -0.336 e. The maximum atomic E-state index is 5.14. The molecule has 9 aromatic rings. The summed E-state index contributed by atoms with van der Waals surface area (Å²) in [7, 11) is 0. The maximum absolute atomic E-state index is 5.14. The van der Waals surface area contributed by atoms with Crippen LogP contribution in [0.2, 0.25) is 0 Å². The van der Waals surface area contributed by atoms with Crippen LogP contribution in [0, 0.1) is 0 Å². The lowest BCUT2D eigenvalue weighted by molar-refractivity contribution is 0.970. The summed E-state index contributed by atoms with van der Waals surface area (Å²) in [5.74, 6) is 0.699. The van der Waals surface area contributed by atoms with Gasteiger partial charge in [-0.25, -0.2) is 9.97 Å². The van der Waals surface area contributed by atoms with Crippen molar-refractivity contribution in [2.45, 2.75) is 6.54 Å². The fourth-order valence-corrected chi connectivity index (χ4v) is 7.72. The molecule has 0 radical (unpaired) electrons. The molecule has 240 valence electrons. The van der Waals surface area contributed by atoms with E-state index in [1.165, 1.54) is 49.9 Å². The second-order valence-corrected chi connectivity index (χ2v) is 13.0. The molecule has 0 saturated heterocycles. The van der Waals surface area contributed by atoms with E-state index in [9.17, 15) is 0 Å². The second kappa shape index (κ2) is 12.0. The molecule has 0 N–H and O–H groups in total. The zero-order valence-corrected chi connectivity index (χ0v) is 27.8. The van der Waals surface area contributed by atoms with Gasteiger partial charge in [0.25, 0.3) is 0 Å². The van der Waals surface area contributed by atoms with E-state index in [4.69, 9.17) is 9.97 Å². The minimum atomic E-state index is 0.699. The number of anilines is 2. The maximum Gasteiger partial charge on any atom is 0.160 e. The predicted molar refractivity (Wildman–Crippen MR) is 210 cm³/mol. The average molecular weight is 653 g/mol. The Hall–Kier alpha value is -6.78. The predicted octanol–water partition coefficient (Wildman–Crippen LogP) is 11.9. The standard InChI is InChI=1S/C47H32N4/c1-4-15-32(16-5-1)41-30-42(33-17-6-2-7-18-33)49-47(48-41)34-19-14-22-36(29-34)51-44-26-13-11-24-39(44)46-40-31-50(35-20-8-3-9-21-35)43-25-12-10-23-38(43)37(40)27-28-45(46)51/h1-30H,31H2. The Morgan fingerprint density at radius 3 is 1.78 bits per heavy atom. The van der Waals surface area contributed by atoms with Crippen LogP contribution in [0.15, 0.2) is 182 Å². The van der Waals surface area contributed by atoms with E-state index in [1.807, 2.05) is 12.1 Å². The summed E-state index contributed by atoms with van der Waals surface area (Å²) >= 11 is 0. The number of benzene rings is 7. The molecule has 0 bridgehead atoms. The lowest BCUT2D eigenvalue weighted by Crippen LogP contribution is -2.21. The molecule has 0 saturated carbocycles. The van der Waals surface area contributed by atoms with Crippen molar-refractivity contribution >= 4 is 33.2 Å². The van der Waals surface area contributed by atoms with Gasteiger partial charge in [0.15, 0.2) is 5.82 Å². The molecule has 0 atom stereocenters. The van der Waals surface area contributed by atoms with E-state index in [2.05, 4.69) is 179 Å². The van der Waals surface area contributed by atoms with Gasteiger partial charge < -0.3 is 9.47 Å². The summed E-state index contributed by atoms with van der Waals surface area (Å²) in [6.07, 6.45) is 0. The number of nitrogens with zero attached hydrogens (tertiary/aromatic N) is 4. The van der Waals surface area contributed by atoms with Gasteiger partial charge in [0.05, 0.1) is 22.4 Å². The fourth-order valence-electron chi connectivity index (χ4n) is 7.72. The third kappa shape index (κ3) is 4.92. The third-order valence-corrected chi connectivity index (χ3v) is 10.0. The van der Waals surface area contributed by atoms with E-state index >= 15 is 0 Å². The summed E-state index contributed by atoms with van der Waals surface area (Å²) in [6, 6.07) is 64.4. The van der Waals surface area contributed by atoms with Crippen molar-refractivity contribution in [1.29, 1.82) is 0 Å². The van der Waals surface area contributed by atoms with Crippen LogP contribution in [0.4, 0.5) is 11.4 Å². The van der Waals surface area contributed by atoms with Crippen LogP contribution < -0.4 is 4.90 Å². The molecular formula is C47H32N4. The Kier molecular flexibility index (Phi) is 6.85. The number of para-hydroxylation sites is 3. The average Bonchev–Trinajstić information content (AvgIpc) is 3.56. The van der Waals surface area contributed by atoms with Gasteiger partial charge in [0.2, 0.25) is 0 Å². The largest absolute Gasteiger partial charge is 0.336 e. The first-order chi connectivity index (χ1) is 25.3. The second-order valence-electron chi connectivity index (χ2n) is 13.0. The van der Waals surface area contributed by atoms with Gasteiger partial charge in [-0.3, -0.25) is 0 Å². The Balaban J connectivity index is 1.17. The molecule has 4 nitrogen and oxygen atoms in total. The van der Waals surface area contributed by atoms with Gasteiger partial charge in [0, 0.05) is 56.6 Å². The minimum absolute atomic E-state index is 0.699. The van der Waals surface area contributed by atoms with Crippen molar-refractivity contribution in [2.75, 3.05) is 4.90 Å². The summed E-state index contributed by atoms with van der Waals surface area (Å²) in [6.45, 7) is 0.782. The number of hydrogen-bond acceptors (Lipinski definition) is 3. The molecule has 1 aliphatic heterocycles. The van der Waals surface area contributed by atoms with Crippen molar-refractivity contribution in [3.05, 3.63) is 188 Å². The highest BCUT2D eigenvalue weighted by Crippen LogP contribution is 2.47. The summed E-state index contributed by atoms with van der Waals surface area (Å²) < 4.78 is 2.40. The molecular weight excluding hydrogens is 621 g/mol. The lowest BCUT2D eigenvalue weighted by Gasteiger charge is -2.33. The molecule has 0 amide bonds. The highest BCUT2D eigenvalue weighted by atomic mass is 15.1. The number of hydrogen-bond donors (Lipinski definition) is 0. The van der Waals surface area contributed by atoms with E-state index in [1.54, 1.807) is 0 Å². The van der Waals surface area contributed by atoms with Crippen LogP contribution in [0.1, 0.15) is 5.56 Å². The van der Waals surface area contributed by atoms with Gasteiger partial charge in [0.1, 0.15) is 0 Å². The third-order valence-electron chi connectivity index (χ3n) is 10.0. The molecule has 4 heteroatoms. The quantitative estimate of drug-likeness (QED) is 0.186. The van der Waals surface area contributed by atoms with E-state index in [0.29, 0.717) is 5.82 Å². The summed E-state index contributed by atoms with van der Waals surface area (Å²) in [5.41, 5.74) is 14.6. The van der Waals surface area contributed by atoms with Crippen molar-refractivity contribution < 1.29 is 0 Å². The molecule has 1 aliphatic rings. The Bertz CT molecular complexity index is 2660. The van der Waals surface area contributed by atoms with Crippen LogP contribution >= 0.6 is 0 Å².